The highest BCUT2D eigenvalue weighted by Gasteiger charge is 2.52. The Morgan fingerprint density at radius 1 is 0.274 bits per heavy atom. The first-order chi connectivity index (χ1) is 30.8. The monoisotopic (exact) mass is 787 g/mol. The first-order valence-corrected chi connectivity index (χ1v) is 21.4. The van der Waals surface area contributed by atoms with Gasteiger partial charge in [0, 0.05) is 16.7 Å². The fraction of sp³-hybridized carbons (Fsp3) is 0.0339. The maximum absolute atomic E-state index is 5.30. The Kier molecular flexibility index (Phi) is 7.58. The molecule has 0 fully saturated rings. The largest absolute Gasteiger partial charge is 0.208 e. The van der Waals surface area contributed by atoms with Crippen LogP contribution in [0.1, 0.15) is 33.4 Å². The zero-order valence-corrected chi connectivity index (χ0v) is 33.8. The van der Waals surface area contributed by atoms with Gasteiger partial charge in [-0.25, -0.2) is 15.0 Å². The Hall–Kier alpha value is -8.01. The Bertz CT molecular complexity index is 3370. The van der Waals surface area contributed by atoms with Gasteiger partial charge in [-0.1, -0.05) is 212 Å². The second-order valence-electron chi connectivity index (χ2n) is 16.6. The molecule has 1 heterocycles. The second kappa shape index (κ2) is 13.5. The maximum atomic E-state index is 5.30. The smallest absolute Gasteiger partial charge is 0.164 e. The molecular weight excluding hydrogens is 751 g/mol. The molecule has 0 radical (unpaired) electrons. The fourth-order valence-electron chi connectivity index (χ4n) is 10.9. The molecule has 0 N–H and O–H groups in total. The Morgan fingerprint density at radius 3 is 1.39 bits per heavy atom. The maximum Gasteiger partial charge on any atom is 0.164 e. The van der Waals surface area contributed by atoms with E-state index in [1.54, 1.807) is 0 Å². The van der Waals surface area contributed by atoms with Crippen molar-refractivity contribution in [3.05, 3.63) is 246 Å². The predicted octanol–water partition coefficient (Wildman–Crippen LogP) is 14.1. The third kappa shape index (κ3) is 4.97. The van der Waals surface area contributed by atoms with E-state index in [4.69, 9.17) is 15.0 Å². The minimum Gasteiger partial charge on any atom is -0.208 e. The fourth-order valence-corrected chi connectivity index (χ4v) is 10.9. The number of fused-ring (bicyclic) bond motifs is 13. The molecule has 0 saturated carbocycles. The minimum absolute atomic E-state index is 0.434. The van der Waals surface area contributed by atoms with Crippen molar-refractivity contribution in [3.63, 3.8) is 0 Å². The third-order valence-electron chi connectivity index (χ3n) is 13.4. The summed E-state index contributed by atoms with van der Waals surface area (Å²) < 4.78 is 0. The zero-order chi connectivity index (χ0) is 40.8. The third-order valence-corrected chi connectivity index (χ3v) is 13.4. The lowest BCUT2D eigenvalue weighted by Crippen LogP contribution is -2.26. The highest BCUT2D eigenvalue weighted by Crippen LogP contribution is 2.64. The average Bonchev–Trinajstić information content (AvgIpc) is 3.99. The number of aromatic nitrogens is 3. The van der Waals surface area contributed by atoms with Crippen molar-refractivity contribution >= 4 is 0 Å². The summed E-state index contributed by atoms with van der Waals surface area (Å²) in [5, 5.41) is 0. The van der Waals surface area contributed by atoms with E-state index in [1.165, 1.54) is 77.9 Å². The van der Waals surface area contributed by atoms with E-state index in [0.29, 0.717) is 17.5 Å². The highest BCUT2D eigenvalue weighted by molar-refractivity contribution is 5.99. The molecule has 9 aromatic carbocycles. The van der Waals surface area contributed by atoms with E-state index in [-0.39, 0.29) is 0 Å². The second-order valence-corrected chi connectivity index (χ2v) is 16.6. The molecular formula is C59H37N3. The number of benzene rings is 9. The van der Waals surface area contributed by atoms with Gasteiger partial charge in [0.1, 0.15) is 0 Å². The summed E-state index contributed by atoms with van der Waals surface area (Å²) in [6.45, 7) is 0. The number of hydrogen-bond donors (Lipinski definition) is 0. The van der Waals surface area contributed by atoms with Crippen molar-refractivity contribution in [2.75, 3.05) is 0 Å². The molecule has 3 nitrogen and oxygen atoms in total. The molecule has 3 heteroatoms. The van der Waals surface area contributed by atoms with Gasteiger partial charge in [0.25, 0.3) is 0 Å². The molecule has 288 valence electrons. The lowest BCUT2D eigenvalue weighted by molar-refractivity contribution is 0.796. The van der Waals surface area contributed by atoms with Crippen LogP contribution in [0.15, 0.2) is 212 Å². The number of rotatable bonds is 5. The summed E-state index contributed by atoms with van der Waals surface area (Å²) in [5.41, 5.74) is 23.0. The van der Waals surface area contributed by atoms with Crippen molar-refractivity contribution in [1.29, 1.82) is 0 Å². The van der Waals surface area contributed by atoms with Crippen LogP contribution in [0.4, 0.5) is 0 Å². The molecule has 1 aromatic heterocycles. The van der Waals surface area contributed by atoms with Gasteiger partial charge in [0.05, 0.1) is 5.41 Å². The van der Waals surface area contributed by atoms with Gasteiger partial charge in [-0.3, -0.25) is 0 Å². The zero-order valence-electron chi connectivity index (χ0n) is 33.8. The summed E-state index contributed by atoms with van der Waals surface area (Å²) in [7, 11) is 0. The van der Waals surface area contributed by atoms with Gasteiger partial charge in [0.2, 0.25) is 0 Å². The molecule has 3 aliphatic carbocycles. The van der Waals surface area contributed by atoms with Crippen LogP contribution in [-0.4, -0.2) is 15.0 Å². The van der Waals surface area contributed by atoms with E-state index in [9.17, 15) is 0 Å². The Morgan fingerprint density at radius 2 is 0.710 bits per heavy atom. The molecule has 0 aliphatic heterocycles. The summed E-state index contributed by atoms with van der Waals surface area (Å²) in [4.78, 5) is 15.7. The van der Waals surface area contributed by atoms with Crippen LogP contribution in [0.5, 0.6) is 0 Å². The lowest BCUT2D eigenvalue weighted by atomic mass is 9.68. The molecule has 0 amide bonds. The van der Waals surface area contributed by atoms with E-state index < -0.39 is 5.41 Å². The van der Waals surface area contributed by atoms with E-state index in [1.807, 2.05) is 18.2 Å². The van der Waals surface area contributed by atoms with Gasteiger partial charge in [-0.2, -0.15) is 0 Å². The summed E-state index contributed by atoms with van der Waals surface area (Å²) in [6, 6.07) is 76.9. The molecule has 0 bridgehead atoms. The van der Waals surface area contributed by atoms with Crippen LogP contribution >= 0.6 is 0 Å². The number of hydrogen-bond acceptors (Lipinski definition) is 3. The summed E-state index contributed by atoms with van der Waals surface area (Å²) in [5.74, 6) is 1.93. The summed E-state index contributed by atoms with van der Waals surface area (Å²) >= 11 is 0. The Labute approximate surface area is 360 Å². The molecule has 10 aromatic rings. The van der Waals surface area contributed by atoms with Crippen LogP contribution in [0, 0.1) is 0 Å². The SMILES string of the molecule is c1ccc(-c2nc(-c3ccc(-c4cccc5c4C4(c6ccccc6-c6ccccc64)c4ccccc4-5)cc3)nc(-c3ccccc3-c3cccc4c3-c3ccccc3C4)n2)cc1. The van der Waals surface area contributed by atoms with Crippen LogP contribution in [0.3, 0.4) is 0 Å². The molecule has 0 saturated heterocycles. The highest BCUT2D eigenvalue weighted by atomic mass is 15.0. The van der Waals surface area contributed by atoms with Crippen molar-refractivity contribution < 1.29 is 0 Å². The molecule has 62 heavy (non-hydrogen) atoms. The quantitative estimate of drug-likeness (QED) is 0.174. The Balaban J connectivity index is 0.968. The molecule has 1 spiro atoms. The van der Waals surface area contributed by atoms with Gasteiger partial charge < -0.3 is 0 Å². The van der Waals surface area contributed by atoms with Crippen LogP contribution < -0.4 is 0 Å². The van der Waals surface area contributed by atoms with Gasteiger partial charge >= 0.3 is 0 Å². The molecule has 13 rings (SSSR count). The van der Waals surface area contributed by atoms with Crippen molar-refractivity contribution in [2.45, 2.75) is 11.8 Å². The van der Waals surface area contributed by atoms with Crippen molar-refractivity contribution in [2.24, 2.45) is 0 Å². The van der Waals surface area contributed by atoms with Crippen LogP contribution in [-0.2, 0) is 11.8 Å². The number of nitrogens with zero attached hydrogens (tertiary/aromatic N) is 3. The van der Waals surface area contributed by atoms with Crippen molar-refractivity contribution in [3.8, 4) is 89.8 Å². The topological polar surface area (TPSA) is 38.7 Å². The summed E-state index contributed by atoms with van der Waals surface area (Å²) in [6.07, 6.45) is 0.936. The molecule has 0 atom stereocenters. The lowest BCUT2D eigenvalue weighted by Gasteiger charge is -2.32. The first-order valence-electron chi connectivity index (χ1n) is 21.4. The predicted molar refractivity (Wildman–Crippen MR) is 252 cm³/mol. The van der Waals surface area contributed by atoms with Gasteiger partial charge in [0.15, 0.2) is 17.5 Å². The first kappa shape index (κ1) is 34.8. The van der Waals surface area contributed by atoms with Crippen LogP contribution in [0.2, 0.25) is 0 Å². The van der Waals surface area contributed by atoms with Crippen LogP contribution in [0.25, 0.3) is 89.8 Å². The molecule has 3 aliphatic rings. The standard InChI is InChI=1S/C59H37N3/c1-2-16-38(17-3-1)56-60-57(62-58(61-56)50-25-7-6-21-44(50)48-27-14-19-41-36-40-18-4-5-20-42(40)54(41)48)39-34-32-37(33-35-39)43-26-15-28-49-47-24-10-13-31-53(47)59(55(43)49)51-29-11-8-22-45(51)46-23-9-12-30-52(46)59/h1-35H,36H2. The van der Waals surface area contributed by atoms with E-state index in [2.05, 4.69) is 194 Å². The van der Waals surface area contributed by atoms with Gasteiger partial charge in [-0.15, -0.1) is 0 Å². The normalized spacial score (nSPS) is 13.2. The minimum atomic E-state index is -0.434. The molecule has 0 unspecified atom stereocenters. The van der Waals surface area contributed by atoms with Crippen molar-refractivity contribution in [1.82, 2.24) is 15.0 Å². The van der Waals surface area contributed by atoms with E-state index in [0.717, 1.165) is 34.2 Å². The van der Waals surface area contributed by atoms with E-state index >= 15 is 0 Å². The average molecular weight is 788 g/mol. The van der Waals surface area contributed by atoms with Gasteiger partial charge in [-0.05, 0) is 95.4 Å².